The van der Waals surface area contributed by atoms with Gasteiger partial charge in [-0.05, 0) is 30.7 Å². The summed E-state index contributed by atoms with van der Waals surface area (Å²) in [6.45, 7) is 5.16. The van der Waals surface area contributed by atoms with Crippen LogP contribution in [0.2, 0.25) is 5.02 Å². The minimum atomic E-state index is -0.717. The van der Waals surface area contributed by atoms with Gasteiger partial charge in [-0.3, -0.25) is 0 Å². The quantitative estimate of drug-likeness (QED) is 0.708. The van der Waals surface area contributed by atoms with E-state index in [4.69, 9.17) is 21.1 Å². The maximum absolute atomic E-state index is 13.4. The van der Waals surface area contributed by atoms with Gasteiger partial charge in [0.15, 0.2) is 0 Å². The molecule has 29 heavy (non-hydrogen) atoms. The number of aromatic nitrogens is 1. The van der Waals surface area contributed by atoms with Crippen molar-refractivity contribution in [2.24, 2.45) is 5.92 Å². The van der Waals surface area contributed by atoms with E-state index in [1.165, 1.54) is 0 Å². The first-order valence-corrected chi connectivity index (χ1v) is 10.5. The number of methoxy groups -OCH3 is 1. The molecule has 3 atom stereocenters. The van der Waals surface area contributed by atoms with Crippen LogP contribution in [-0.4, -0.2) is 50.5 Å². The Hall–Kier alpha value is -2.21. The van der Waals surface area contributed by atoms with Crippen molar-refractivity contribution in [1.82, 2.24) is 4.98 Å². The Labute approximate surface area is 176 Å². The van der Waals surface area contributed by atoms with Crippen molar-refractivity contribution in [3.8, 4) is 11.6 Å². The second-order valence-electron chi connectivity index (χ2n) is 7.87. The molecule has 4 rings (SSSR count). The minimum Gasteiger partial charge on any atom is -0.490 e. The largest absolute Gasteiger partial charge is 0.490 e. The van der Waals surface area contributed by atoms with Gasteiger partial charge >= 0.3 is 0 Å². The number of hydrogen-bond acceptors (Lipinski definition) is 5. The number of alkyl halides is 1. The normalized spacial score (nSPS) is 24.6. The maximum atomic E-state index is 13.4. The van der Waals surface area contributed by atoms with E-state index < -0.39 is 6.17 Å². The third-order valence-corrected chi connectivity index (χ3v) is 6.10. The van der Waals surface area contributed by atoms with Gasteiger partial charge in [-0.1, -0.05) is 18.5 Å². The number of rotatable bonds is 5. The van der Waals surface area contributed by atoms with Crippen LogP contribution in [0.3, 0.4) is 0 Å². The van der Waals surface area contributed by atoms with Crippen molar-refractivity contribution in [1.29, 1.82) is 0 Å². The molecule has 1 aromatic heterocycles. The summed E-state index contributed by atoms with van der Waals surface area (Å²) in [7, 11) is 1.60. The summed E-state index contributed by atoms with van der Waals surface area (Å²) >= 11 is 6.36. The molecule has 0 amide bonds. The second kappa shape index (κ2) is 8.66. The lowest BCUT2D eigenvalue weighted by Gasteiger charge is -2.38. The lowest BCUT2D eigenvalue weighted by molar-refractivity contribution is 0.121. The molecular formula is C22H27ClFN3O2. The molecule has 0 aliphatic carbocycles. The zero-order valence-electron chi connectivity index (χ0n) is 16.9. The standard InChI is InChI=1S/C22H27ClFN3O2/c1-15-13-27(20-11-22(28-2)25-12-19(20)23)10-8-21(15)29-18-5-3-17(4-6-18)26-9-7-16(24)14-26/h3-6,11-12,15-16,21H,7-10,13-14H2,1-2H3. The molecule has 2 aromatic rings. The van der Waals surface area contributed by atoms with Gasteiger partial charge in [-0.15, -0.1) is 0 Å². The van der Waals surface area contributed by atoms with Gasteiger partial charge in [0.25, 0.3) is 0 Å². The Balaban J connectivity index is 1.37. The summed E-state index contributed by atoms with van der Waals surface area (Å²) in [6.07, 6.45) is 2.57. The minimum absolute atomic E-state index is 0.140. The molecule has 3 heterocycles. The van der Waals surface area contributed by atoms with E-state index in [0.717, 1.165) is 43.2 Å². The van der Waals surface area contributed by atoms with Crippen LogP contribution in [0.4, 0.5) is 15.8 Å². The predicted octanol–water partition coefficient (Wildman–Crippen LogP) is 4.59. The molecule has 5 nitrogen and oxygen atoms in total. The molecule has 0 saturated carbocycles. The molecule has 0 N–H and O–H groups in total. The molecule has 0 bridgehead atoms. The van der Waals surface area contributed by atoms with Crippen molar-refractivity contribution in [2.45, 2.75) is 32.0 Å². The number of piperidine rings is 1. The van der Waals surface area contributed by atoms with Crippen molar-refractivity contribution in [2.75, 3.05) is 43.1 Å². The fourth-order valence-electron chi connectivity index (χ4n) is 4.14. The first-order valence-electron chi connectivity index (χ1n) is 10.1. The van der Waals surface area contributed by atoms with Crippen LogP contribution in [0.25, 0.3) is 0 Å². The zero-order chi connectivity index (χ0) is 20.4. The Bertz CT molecular complexity index is 835. The molecule has 7 heteroatoms. The Morgan fingerprint density at radius 2 is 1.86 bits per heavy atom. The number of hydrogen-bond donors (Lipinski definition) is 0. The molecule has 2 saturated heterocycles. The summed E-state index contributed by atoms with van der Waals surface area (Å²) in [4.78, 5) is 8.50. The summed E-state index contributed by atoms with van der Waals surface area (Å²) in [5.74, 6) is 1.76. The fourth-order valence-corrected chi connectivity index (χ4v) is 4.37. The van der Waals surface area contributed by atoms with E-state index in [2.05, 4.69) is 21.7 Å². The van der Waals surface area contributed by atoms with Crippen molar-refractivity contribution >= 4 is 23.0 Å². The van der Waals surface area contributed by atoms with E-state index in [0.29, 0.717) is 29.8 Å². The van der Waals surface area contributed by atoms with E-state index in [1.807, 2.05) is 30.3 Å². The van der Waals surface area contributed by atoms with Crippen LogP contribution in [0.1, 0.15) is 19.8 Å². The Morgan fingerprint density at radius 1 is 1.10 bits per heavy atom. The lowest BCUT2D eigenvalue weighted by atomic mass is 9.96. The molecule has 1 aromatic carbocycles. The van der Waals surface area contributed by atoms with E-state index >= 15 is 0 Å². The van der Waals surface area contributed by atoms with Gasteiger partial charge in [-0.2, -0.15) is 0 Å². The van der Waals surface area contributed by atoms with Crippen molar-refractivity contribution < 1.29 is 13.9 Å². The predicted molar refractivity (Wildman–Crippen MR) is 114 cm³/mol. The molecule has 0 radical (unpaired) electrons. The fraction of sp³-hybridized carbons (Fsp3) is 0.500. The third-order valence-electron chi connectivity index (χ3n) is 5.81. The summed E-state index contributed by atoms with van der Waals surface area (Å²) in [5.41, 5.74) is 2.01. The first kappa shape index (κ1) is 20.1. The van der Waals surface area contributed by atoms with Crippen LogP contribution in [0, 0.1) is 5.92 Å². The lowest BCUT2D eigenvalue weighted by Crippen LogP contribution is -2.44. The highest BCUT2D eigenvalue weighted by atomic mass is 35.5. The van der Waals surface area contributed by atoms with Crippen LogP contribution in [0.5, 0.6) is 11.6 Å². The van der Waals surface area contributed by atoms with Gasteiger partial charge in [-0.25, -0.2) is 9.37 Å². The topological polar surface area (TPSA) is 37.8 Å². The average molecular weight is 420 g/mol. The van der Waals surface area contributed by atoms with E-state index in [-0.39, 0.29) is 6.10 Å². The number of halogens is 2. The van der Waals surface area contributed by atoms with E-state index in [1.54, 1.807) is 13.3 Å². The van der Waals surface area contributed by atoms with Crippen molar-refractivity contribution in [3.05, 3.63) is 41.6 Å². The van der Waals surface area contributed by atoms with Gasteiger partial charge < -0.3 is 19.3 Å². The van der Waals surface area contributed by atoms with Crippen LogP contribution in [-0.2, 0) is 0 Å². The number of pyridine rings is 1. The second-order valence-corrected chi connectivity index (χ2v) is 8.28. The SMILES string of the molecule is COc1cc(N2CCC(Oc3ccc(N4CCC(F)C4)cc3)C(C)C2)c(Cl)cn1. The molecule has 0 spiro atoms. The molecule has 2 aliphatic heterocycles. The zero-order valence-corrected chi connectivity index (χ0v) is 17.6. The summed E-state index contributed by atoms with van der Waals surface area (Å²) < 4.78 is 24.9. The van der Waals surface area contributed by atoms with Gasteiger partial charge in [0.1, 0.15) is 18.0 Å². The molecule has 3 unspecified atom stereocenters. The van der Waals surface area contributed by atoms with Crippen LogP contribution < -0.4 is 19.3 Å². The summed E-state index contributed by atoms with van der Waals surface area (Å²) in [6, 6.07) is 9.91. The van der Waals surface area contributed by atoms with Crippen LogP contribution >= 0.6 is 11.6 Å². The molecule has 2 aliphatic rings. The number of anilines is 2. The highest BCUT2D eigenvalue weighted by Crippen LogP contribution is 2.33. The van der Waals surface area contributed by atoms with Gasteiger partial charge in [0, 0.05) is 50.3 Å². The van der Waals surface area contributed by atoms with Crippen LogP contribution in [0.15, 0.2) is 36.5 Å². The maximum Gasteiger partial charge on any atom is 0.215 e. The van der Waals surface area contributed by atoms with Crippen molar-refractivity contribution in [3.63, 3.8) is 0 Å². The smallest absolute Gasteiger partial charge is 0.215 e. The Morgan fingerprint density at radius 3 is 2.52 bits per heavy atom. The number of ether oxygens (including phenoxy) is 2. The summed E-state index contributed by atoms with van der Waals surface area (Å²) in [5, 5.41) is 0.630. The average Bonchev–Trinajstić information content (AvgIpc) is 3.17. The van der Waals surface area contributed by atoms with Gasteiger partial charge in [0.05, 0.1) is 24.0 Å². The molecule has 2 fully saturated rings. The first-order chi connectivity index (χ1) is 14.0. The third kappa shape index (κ3) is 4.53. The highest BCUT2D eigenvalue weighted by molar-refractivity contribution is 6.33. The molecule has 156 valence electrons. The number of benzene rings is 1. The van der Waals surface area contributed by atoms with Gasteiger partial charge in [0.2, 0.25) is 5.88 Å². The monoisotopic (exact) mass is 419 g/mol. The molecular weight excluding hydrogens is 393 g/mol. The number of nitrogens with zero attached hydrogens (tertiary/aromatic N) is 3. The highest BCUT2D eigenvalue weighted by Gasteiger charge is 2.29. The van der Waals surface area contributed by atoms with E-state index in [9.17, 15) is 4.39 Å². The Kier molecular flexibility index (Phi) is 5.99.